The maximum Gasteiger partial charge on any atom is 0.331 e. The van der Waals surface area contributed by atoms with Crippen molar-refractivity contribution in [2.45, 2.75) is 19.0 Å². The van der Waals surface area contributed by atoms with E-state index in [1.807, 2.05) is 48.5 Å². The van der Waals surface area contributed by atoms with Crippen LogP contribution < -0.4 is 26.1 Å². The van der Waals surface area contributed by atoms with E-state index in [1.54, 1.807) is 0 Å². The minimum absolute atomic E-state index is 0.0127. The Balaban J connectivity index is 1.45. The highest BCUT2D eigenvalue weighted by Gasteiger charge is 2.28. The summed E-state index contributed by atoms with van der Waals surface area (Å²) in [5, 5.41) is 15.0. The lowest BCUT2D eigenvalue weighted by Gasteiger charge is -2.12. The molecule has 0 amide bonds. The van der Waals surface area contributed by atoms with Crippen LogP contribution in [0, 0.1) is 0 Å². The van der Waals surface area contributed by atoms with Crippen LogP contribution in [-0.4, -0.2) is 27.2 Å². The molecular weight excluding hydrogens is 388 g/mol. The maximum absolute atomic E-state index is 12.5. The Hall–Kier alpha value is -4.01. The molecule has 2 aliphatic rings. The van der Waals surface area contributed by atoms with Gasteiger partial charge in [-0.25, -0.2) is 4.79 Å². The zero-order valence-corrected chi connectivity index (χ0v) is 15.8. The number of nitrogens with one attached hydrogen (secondary N) is 2. The highest BCUT2D eigenvalue weighted by molar-refractivity contribution is 6.03. The number of aromatic hydroxyl groups is 1. The Kier molecular flexibility index (Phi) is 4.27. The van der Waals surface area contributed by atoms with Crippen LogP contribution in [-0.2, 0) is 6.54 Å². The van der Waals surface area contributed by atoms with Gasteiger partial charge in [0, 0.05) is 6.42 Å². The van der Waals surface area contributed by atoms with E-state index in [2.05, 4.69) is 15.5 Å². The van der Waals surface area contributed by atoms with Crippen molar-refractivity contribution in [3.05, 3.63) is 86.1 Å². The number of hydrazone groups is 1. The number of ether oxygens (including phenoxy) is 2. The Morgan fingerprint density at radius 1 is 1.10 bits per heavy atom. The molecule has 0 saturated carbocycles. The molecule has 0 unspecified atom stereocenters. The standard InChI is InChI=1S/C21H18N4O5/c26-19-18(20(27)25(21(28)22-19)10-12-4-2-1-3-5-12)15-9-14(23-24-15)13-6-7-16-17(8-13)30-11-29-16/h1-8,14,23,27H,9-11H2,(H,22,26,28)/t14-/m1/s1. The van der Waals surface area contributed by atoms with Gasteiger partial charge in [0.15, 0.2) is 11.5 Å². The predicted molar refractivity (Wildman–Crippen MR) is 108 cm³/mol. The van der Waals surface area contributed by atoms with Crippen molar-refractivity contribution in [3.8, 4) is 17.4 Å². The molecule has 0 spiro atoms. The lowest BCUT2D eigenvalue weighted by Crippen LogP contribution is -2.34. The van der Waals surface area contributed by atoms with E-state index in [1.165, 1.54) is 0 Å². The fourth-order valence-electron chi connectivity index (χ4n) is 3.65. The lowest BCUT2D eigenvalue weighted by molar-refractivity contribution is 0.174. The molecular formula is C21H18N4O5. The summed E-state index contributed by atoms with van der Waals surface area (Å²) in [5.74, 6) is 0.930. The van der Waals surface area contributed by atoms with Crippen LogP contribution in [0.25, 0.3) is 0 Å². The second-order valence-electron chi connectivity index (χ2n) is 7.09. The maximum atomic E-state index is 12.5. The topological polar surface area (TPSA) is 118 Å². The van der Waals surface area contributed by atoms with Crippen molar-refractivity contribution < 1.29 is 14.6 Å². The summed E-state index contributed by atoms with van der Waals surface area (Å²) in [7, 11) is 0. The van der Waals surface area contributed by atoms with Gasteiger partial charge in [0.2, 0.25) is 12.7 Å². The smallest absolute Gasteiger partial charge is 0.331 e. The van der Waals surface area contributed by atoms with E-state index in [0.717, 1.165) is 15.7 Å². The summed E-state index contributed by atoms with van der Waals surface area (Å²) in [5.41, 5.74) is 3.73. The molecule has 3 heterocycles. The first kappa shape index (κ1) is 18.0. The average Bonchev–Trinajstić information content (AvgIpc) is 3.41. The summed E-state index contributed by atoms with van der Waals surface area (Å²) in [4.78, 5) is 27.0. The van der Waals surface area contributed by atoms with E-state index >= 15 is 0 Å². The molecule has 0 bridgehead atoms. The van der Waals surface area contributed by atoms with Crippen LogP contribution >= 0.6 is 0 Å². The van der Waals surface area contributed by atoms with Crippen molar-refractivity contribution in [3.63, 3.8) is 0 Å². The van der Waals surface area contributed by atoms with Crippen molar-refractivity contribution in [1.82, 2.24) is 15.0 Å². The average molecular weight is 406 g/mol. The number of H-pyrrole nitrogens is 1. The Labute approximate surface area is 170 Å². The van der Waals surface area contributed by atoms with Crippen molar-refractivity contribution in [2.75, 3.05) is 6.79 Å². The number of aromatic amines is 1. The Morgan fingerprint density at radius 2 is 1.90 bits per heavy atom. The highest BCUT2D eigenvalue weighted by atomic mass is 16.7. The number of hydrogen-bond acceptors (Lipinski definition) is 7. The molecule has 3 aromatic rings. The lowest BCUT2D eigenvalue weighted by atomic mass is 9.99. The van der Waals surface area contributed by atoms with Crippen LogP contribution in [0.15, 0.2) is 63.2 Å². The summed E-state index contributed by atoms with van der Waals surface area (Å²) >= 11 is 0. The highest BCUT2D eigenvalue weighted by Crippen LogP contribution is 2.36. The number of aromatic nitrogens is 2. The van der Waals surface area contributed by atoms with Gasteiger partial charge in [-0.3, -0.25) is 14.3 Å². The largest absolute Gasteiger partial charge is 0.494 e. The van der Waals surface area contributed by atoms with Gasteiger partial charge in [0.25, 0.3) is 5.56 Å². The summed E-state index contributed by atoms with van der Waals surface area (Å²) < 4.78 is 11.9. The van der Waals surface area contributed by atoms with Crippen LogP contribution in [0.1, 0.15) is 29.2 Å². The first-order valence-electron chi connectivity index (χ1n) is 9.42. The van der Waals surface area contributed by atoms with Crippen LogP contribution in [0.3, 0.4) is 0 Å². The second-order valence-corrected chi connectivity index (χ2v) is 7.09. The number of hydrogen-bond donors (Lipinski definition) is 3. The molecule has 9 heteroatoms. The first-order valence-corrected chi connectivity index (χ1v) is 9.42. The summed E-state index contributed by atoms with van der Waals surface area (Å²) in [6, 6.07) is 14.6. The minimum Gasteiger partial charge on any atom is -0.494 e. The van der Waals surface area contributed by atoms with Gasteiger partial charge in [-0.2, -0.15) is 5.10 Å². The van der Waals surface area contributed by atoms with E-state index in [4.69, 9.17) is 9.47 Å². The van der Waals surface area contributed by atoms with Gasteiger partial charge < -0.3 is 20.0 Å². The molecule has 0 saturated heterocycles. The molecule has 30 heavy (non-hydrogen) atoms. The quantitative estimate of drug-likeness (QED) is 0.604. The molecule has 2 aromatic carbocycles. The molecule has 1 aromatic heterocycles. The molecule has 2 aliphatic heterocycles. The monoisotopic (exact) mass is 406 g/mol. The number of fused-ring (bicyclic) bond motifs is 1. The van der Waals surface area contributed by atoms with Crippen molar-refractivity contribution >= 4 is 5.71 Å². The zero-order valence-electron chi connectivity index (χ0n) is 15.8. The Bertz CT molecular complexity index is 1260. The molecule has 152 valence electrons. The van der Waals surface area contributed by atoms with Gasteiger partial charge in [-0.05, 0) is 23.3 Å². The number of nitrogens with zero attached hydrogens (tertiary/aromatic N) is 2. The van der Waals surface area contributed by atoms with Gasteiger partial charge >= 0.3 is 5.69 Å². The molecule has 0 fully saturated rings. The third kappa shape index (κ3) is 3.10. The van der Waals surface area contributed by atoms with E-state index < -0.39 is 17.1 Å². The van der Waals surface area contributed by atoms with Crippen LogP contribution in [0.4, 0.5) is 0 Å². The fourth-order valence-corrected chi connectivity index (χ4v) is 3.65. The molecule has 0 radical (unpaired) electrons. The number of benzene rings is 2. The minimum atomic E-state index is -0.677. The Morgan fingerprint density at radius 3 is 2.73 bits per heavy atom. The molecule has 0 aliphatic carbocycles. The predicted octanol–water partition coefficient (Wildman–Crippen LogP) is 1.46. The van der Waals surface area contributed by atoms with Crippen molar-refractivity contribution in [2.24, 2.45) is 5.10 Å². The molecule has 1 atom stereocenters. The fraction of sp³-hybridized carbons (Fsp3) is 0.190. The van der Waals surface area contributed by atoms with E-state index in [0.29, 0.717) is 23.6 Å². The molecule has 3 N–H and O–H groups in total. The zero-order chi connectivity index (χ0) is 20.7. The number of rotatable bonds is 4. The van der Waals surface area contributed by atoms with Gasteiger partial charge in [0.05, 0.1) is 18.3 Å². The summed E-state index contributed by atoms with van der Waals surface area (Å²) in [6.45, 7) is 0.312. The first-order chi connectivity index (χ1) is 14.6. The van der Waals surface area contributed by atoms with Gasteiger partial charge in [-0.1, -0.05) is 36.4 Å². The SMILES string of the molecule is O=c1[nH]c(=O)n(Cc2ccccc2)c(O)c1C1=NN[C@@H](c2ccc3c(c2)OCO3)C1. The normalized spacial score (nSPS) is 16.9. The van der Waals surface area contributed by atoms with Crippen LogP contribution in [0.5, 0.6) is 17.4 Å². The summed E-state index contributed by atoms with van der Waals surface area (Å²) in [6.07, 6.45) is 0.361. The van der Waals surface area contributed by atoms with Gasteiger partial charge in [0.1, 0.15) is 5.56 Å². The molecule has 9 nitrogen and oxygen atoms in total. The third-order valence-electron chi connectivity index (χ3n) is 5.20. The van der Waals surface area contributed by atoms with E-state index in [9.17, 15) is 14.7 Å². The van der Waals surface area contributed by atoms with Crippen LogP contribution in [0.2, 0.25) is 0 Å². The van der Waals surface area contributed by atoms with Gasteiger partial charge in [-0.15, -0.1) is 0 Å². The van der Waals surface area contributed by atoms with E-state index in [-0.39, 0.29) is 24.9 Å². The third-order valence-corrected chi connectivity index (χ3v) is 5.20. The molecule has 5 rings (SSSR count). The van der Waals surface area contributed by atoms with Crippen molar-refractivity contribution in [1.29, 1.82) is 0 Å². The second kappa shape index (κ2) is 7.11.